The minimum Gasteiger partial charge on any atom is -0.466 e. The molecule has 1 heteroatoms. The molecule has 0 bridgehead atoms. The lowest BCUT2D eigenvalue weighted by Gasteiger charge is -2.35. The first-order valence-corrected chi connectivity index (χ1v) is 6.48. The quantitative estimate of drug-likeness (QED) is 0.571. The van der Waals surface area contributed by atoms with Crippen LogP contribution in [0.15, 0.2) is 22.7 Å². The Kier molecular flexibility index (Phi) is 2.34. The largest absolute Gasteiger partial charge is 0.466 e. The second-order valence-electron chi connectivity index (χ2n) is 5.13. The predicted octanol–water partition coefficient (Wildman–Crippen LogP) is 4.31. The predicted molar refractivity (Wildman–Crippen MR) is 61.2 cm³/mol. The molecule has 15 heavy (non-hydrogen) atoms. The molecule has 3 rings (SSSR count). The van der Waals surface area contributed by atoms with Crippen LogP contribution < -0.4 is 0 Å². The number of hydrogen-bond acceptors (Lipinski definition) is 1. The van der Waals surface area contributed by atoms with Crippen molar-refractivity contribution in [3.05, 3.63) is 22.7 Å². The molecule has 0 N–H and O–H groups in total. The molecule has 1 heterocycles. The SMILES string of the molecule is CC1C2=C(CCCC2)OC2=C1CCCC2. The van der Waals surface area contributed by atoms with E-state index in [4.69, 9.17) is 4.74 Å². The summed E-state index contributed by atoms with van der Waals surface area (Å²) in [7, 11) is 0. The first-order chi connectivity index (χ1) is 7.36. The van der Waals surface area contributed by atoms with Gasteiger partial charge in [0.05, 0.1) is 0 Å². The van der Waals surface area contributed by atoms with Crippen LogP contribution >= 0.6 is 0 Å². The highest BCUT2D eigenvalue weighted by Crippen LogP contribution is 2.44. The molecule has 0 amide bonds. The van der Waals surface area contributed by atoms with Gasteiger partial charge in [0, 0.05) is 18.8 Å². The lowest BCUT2D eigenvalue weighted by Crippen LogP contribution is -2.21. The van der Waals surface area contributed by atoms with Crippen molar-refractivity contribution in [2.75, 3.05) is 0 Å². The summed E-state index contributed by atoms with van der Waals surface area (Å²) in [4.78, 5) is 0. The van der Waals surface area contributed by atoms with E-state index >= 15 is 0 Å². The van der Waals surface area contributed by atoms with E-state index in [1.54, 1.807) is 11.1 Å². The summed E-state index contributed by atoms with van der Waals surface area (Å²) in [5, 5.41) is 0. The van der Waals surface area contributed by atoms with Gasteiger partial charge in [0.25, 0.3) is 0 Å². The summed E-state index contributed by atoms with van der Waals surface area (Å²) >= 11 is 0. The molecule has 0 aromatic rings. The van der Waals surface area contributed by atoms with Gasteiger partial charge >= 0.3 is 0 Å². The Balaban J connectivity index is 1.93. The Morgan fingerprint density at radius 2 is 1.27 bits per heavy atom. The van der Waals surface area contributed by atoms with Crippen LogP contribution in [-0.4, -0.2) is 0 Å². The maximum absolute atomic E-state index is 6.12. The third-order valence-corrected chi connectivity index (χ3v) is 4.21. The Morgan fingerprint density at radius 3 is 1.80 bits per heavy atom. The molecule has 0 spiro atoms. The molecule has 2 aliphatic carbocycles. The second-order valence-corrected chi connectivity index (χ2v) is 5.13. The summed E-state index contributed by atoms with van der Waals surface area (Å²) < 4.78 is 6.12. The van der Waals surface area contributed by atoms with Crippen LogP contribution in [0.1, 0.15) is 58.3 Å². The lowest BCUT2D eigenvalue weighted by molar-refractivity contribution is 0.222. The standard InChI is InChI=1S/C14H20O/c1-10-11-6-2-4-8-13(11)15-14-9-5-3-7-12(10)14/h10H,2-9H2,1H3. The van der Waals surface area contributed by atoms with E-state index in [2.05, 4.69) is 6.92 Å². The summed E-state index contributed by atoms with van der Waals surface area (Å²) in [6.45, 7) is 2.39. The molecule has 0 aromatic heterocycles. The monoisotopic (exact) mass is 204 g/mol. The van der Waals surface area contributed by atoms with Crippen LogP contribution in [-0.2, 0) is 4.74 Å². The molecule has 0 aromatic carbocycles. The van der Waals surface area contributed by atoms with Crippen molar-refractivity contribution in [1.29, 1.82) is 0 Å². The molecule has 1 aliphatic heterocycles. The fourth-order valence-electron chi connectivity index (χ4n) is 3.31. The van der Waals surface area contributed by atoms with Crippen LogP contribution in [0.5, 0.6) is 0 Å². The van der Waals surface area contributed by atoms with Gasteiger partial charge in [-0.2, -0.15) is 0 Å². The first kappa shape index (κ1) is 9.50. The Bertz CT molecular complexity index is 303. The van der Waals surface area contributed by atoms with Gasteiger partial charge in [-0.15, -0.1) is 0 Å². The fourth-order valence-corrected chi connectivity index (χ4v) is 3.31. The van der Waals surface area contributed by atoms with Gasteiger partial charge in [-0.25, -0.2) is 0 Å². The topological polar surface area (TPSA) is 9.23 Å². The van der Waals surface area contributed by atoms with Gasteiger partial charge in [-0.3, -0.25) is 0 Å². The second kappa shape index (κ2) is 3.70. The molecule has 0 saturated heterocycles. The zero-order valence-corrected chi connectivity index (χ0v) is 9.64. The number of allylic oxidation sites excluding steroid dienone is 4. The molecule has 1 nitrogen and oxygen atoms in total. The van der Waals surface area contributed by atoms with Crippen LogP contribution in [0.3, 0.4) is 0 Å². The zero-order valence-electron chi connectivity index (χ0n) is 9.64. The van der Waals surface area contributed by atoms with Gasteiger partial charge in [0.2, 0.25) is 0 Å². The highest BCUT2D eigenvalue weighted by atomic mass is 16.5. The van der Waals surface area contributed by atoms with Crippen molar-refractivity contribution in [3.63, 3.8) is 0 Å². The van der Waals surface area contributed by atoms with Crippen LogP contribution in [0.2, 0.25) is 0 Å². The molecule has 0 unspecified atom stereocenters. The zero-order chi connectivity index (χ0) is 10.3. The van der Waals surface area contributed by atoms with E-state index in [0.717, 1.165) is 0 Å². The third-order valence-electron chi connectivity index (χ3n) is 4.21. The molecule has 3 aliphatic rings. The van der Waals surface area contributed by atoms with Crippen molar-refractivity contribution in [3.8, 4) is 0 Å². The summed E-state index contributed by atoms with van der Waals surface area (Å²) in [5.74, 6) is 3.38. The van der Waals surface area contributed by atoms with Gasteiger partial charge in [0.15, 0.2) is 0 Å². The highest BCUT2D eigenvalue weighted by Gasteiger charge is 2.30. The number of rotatable bonds is 0. The van der Waals surface area contributed by atoms with E-state index in [1.165, 1.54) is 62.9 Å². The summed E-state index contributed by atoms with van der Waals surface area (Å²) in [6, 6.07) is 0. The van der Waals surface area contributed by atoms with Crippen molar-refractivity contribution < 1.29 is 4.74 Å². The fraction of sp³-hybridized carbons (Fsp3) is 0.714. The van der Waals surface area contributed by atoms with Crippen molar-refractivity contribution in [2.45, 2.75) is 58.3 Å². The van der Waals surface area contributed by atoms with Crippen LogP contribution in [0.4, 0.5) is 0 Å². The van der Waals surface area contributed by atoms with E-state index in [-0.39, 0.29) is 0 Å². The minimum absolute atomic E-state index is 0.698. The number of ether oxygens (including phenoxy) is 1. The van der Waals surface area contributed by atoms with Gasteiger partial charge in [-0.1, -0.05) is 6.92 Å². The van der Waals surface area contributed by atoms with Gasteiger partial charge in [-0.05, 0) is 49.7 Å². The Labute approximate surface area is 92.2 Å². The maximum Gasteiger partial charge on any atom is 0.103 e. The van der Waals surface area contributed by atoms with Gasteiger partial charge in [0.1, 0.15) is 11.5 Å². The van der Waals surface area contributed by atoms with E-state index in [0.29, 0.717) is 5.92 Å². The molecule has 0 saturated carbocycles. The lowest BCUT2D eigenvalue weighted by atomic mass is 9.78. The molecular weight excluding hydrogens is 184 g/mol. The highest BCUT2D eigenvalue weighted by molar-refractivity contribution is 5.32. The Hall–Kier alpha value is -0.720. The molecule has 82 valence electrons. The van der Waals surface area contributed by atoms with E-state index < -0.39 is 0 Å². The maximum atomic E-state index is 6.12. The average molecular weight is 204 g/mol. The van der Waals surface area contributed by atoms with Crippen molar-refractivity contribution >= 4 is 0 Å². The van der Waals surface area contributed by atoms with Gasteiger partial charge < -0.3 is 4.74 Å². The molecular formula is C14H20O. The third kappa shape index (κ3) is 1.53. The Morgan fingerprint density at radius 1 is 0.800 bits per heavy atom. The van der Waals surface area contributed by atoms with Crippen molar-refractivity contribution in [2.24, 2.45) is 5.92 Å². The average Bonchev–Trinajstić information content (AvgIpc) is 2.30. The van der Waals surface area contributed by atoms with E-state index in [1.807, 2.05) is 0 Å². The smallest absolute Gasteiger partial charge is 0.103 e. The number of hydrogen-bond donors (Lipinski definition) is 0. The first-order valence-electron chi connectivity index (χ1n) is 6.48. The summed E-state index contributed by atoms with van der Waals surface area (Å²) in [5.41, 5.74) is 3.25. The normalized spacial score (nSPS) is 27.3. The molecule has 0 fully saturated rings. The molecule has 0 radical (unpaired) electrons. The van der Waals surface area contributed by atoms with Crippen molar-refractivity contribution in [1.82, 2.24) is 0 Å². The van der Waals surface area contributed by atoms with Crippen LogP contribution in [0.25, 0.3) is 0 Å². The summed E-state index contributed by atoms with van der Waals surface area (Å²) in [6.07, 6.45) is 10.3. The van der Waals surface area contributed by atoms with Crippen LogP contribution in [0, 0.1) is 5.92 Å². The van der Waals surface area contributed by atoms with E-state index in [9.17, 15) is 0 Å². The molecule has 0 atom stereocenters. The minimum atomic E-state index is 0.698.